The SMILES string of the molecule is COC(=O)c1ccc(Cl)cc1OCC(=O)NCc1ccc(F)c(C)c1. The summed E-state index contributed by atoms with van der Waals surface area (Å²) in [6, 6.07) is 9.02. The van der Waals surface area contributed by atoms with Crippen LogP contribution in [0.4, 0.5) is 4.39 Å². The van der Waals surface area contributed by atoms with Gasteiger partial charge in [-0.3, -0.25) is 4.79 Å². The smallest absolute Gasteiger partial charge is 0.341 e. The summed E-state index contributed by atoms with van der Waals surface area (Å²) < 4.78 is 23.2. The Morgan fingerprint density at radius 3 is 2.64 bits per heavy atom. The fraction of sp³-hybridized carbons (Fsp3) is 0.222. The van der Waals surface area contributed by atoms with Gasteiger partial charge in [0.15, 0.2) is 6.61 Å². The second-order valence-corrected chi connectivity index (χ2v) is 5.72. The Bertz CT molecular complexity index is 795. The van der Waals surface area contributed by atoms with Crippen molar-refractivity contribution in [2.75, 3.05) is 13.7 Å². The second kappa shape index (κ2) is 8.48. The van der Waals surface area contributed by atoms with E-state index in [4.69, 9.17) is 16.3 Å². The highest BCUT2D eigenvalue weighted by Crippen LogP contribution is 2.24. The summed E-state index contributed by atoms with van der Waals surface area (Å²) in [5.41, 5.74) is 1.45. The highest BCUT2D eigenvalue weighted by Gasteiger charge is 2.15. The van der Waals surface area contributed by atoms with Gasteiger partial charge in [-0.15, -0.1) is 0 Å². The zero-order valence-corrected chi connectivity index (χ0v) is 14.5. The lowest BCUT2D eigenvalue weighted by Crippen LogP contribution is -2.28. The Labute approximate surface area is 149 Å². The highest BCUT2D eigenvalue weighted by atomic mass is 35.5. The summed E-state index contributed by atoms with van der Waals surface area (Å²) in [6.07, 6.45) is 0. The van der Waals surface area contributed by atoms with Gasteiger partial charge in [0.1, 0.15) is 17.1 Å². The van der Waals surface area contributed by atoms with Crippen molar-refractivity contribution < 1.29 is 23.5 Å². The number of nitrogens with one attached hydrogen (secondary N) is 1. The number of carbonyl (C=O) groups is 2. The molecule has 25 heavy (non-hydrogen) atoms. The first kappa shape index (κ1) is 18.7. The van der Waals surface area contributed by atoms with Crippen molar-refractivity contribution in [3.05, 3.63) is 63.9 Å². The average Bonchev–Trinajstić information content (AvgIpc) is 2.60. The first-order valence-electron chi connectivity index (χ1n) is 7.43. The van der Waals surface area contributed by atoms with Crippen LogP contribution in [-0.2, 0) is 16.1 Å². The van der Waals surface area contributed by atoms with Crippen molar-refractivity contribution in [3.8, 4) is 5.75 Å². The maximum absolute atomic E-state index is 13.2. The largest absolute Gasteiger partial charge is 0.483 e. The van der Waals surface area contributed by atoms with Crippen LogP contribution >= 0.6 is 11.6 Å². The first-order chi connectivity index (χ1) is 11.9. The summed E-state index contributed by atoms with van der Waals surface area (Å²) >= 11 is 5.89. The van der Waals surface area contributed by atoms with Crippen molar-refractivity contribution in [3.63, 3.8) is 0 Å². The Morgan fingerprint density at radius 2 is 1.96 bits per heavy atom. The lowest BCUT2D eigenvalue weighted by molar-refractivity contribution is -0.123. The molecule has 0 fully saturated rings. The molecule has 0 aliphatic carbocycles. The van der Waals surface area contributed by atoms with E-state index in [1.807, 2.05) is 0 Å². The lowest BCUT2D eigenvalue weighted by atomic mass is 10.1. The van der Waals surface area contributed by atoms with Crippen LogP contribution < -0.4 is 10.1 Å². The molecule has 1 N–H and O–H groups in total. The minimum atomic E-state index is -0.589. The van der Waals surface area contributed by atoms with Crippen molar-refractivity contribution in [2.24, 2.45) is 0 Å². The molecule has 0 radical (unpaired) electrons. The molecule has 2 aromatic carbocycles. The van der Waals surface area contributed by atoms with Crippen LogP contribution in [0.2, 0.25) is 5.02 Å². The van der Waals surface area contributed by atoms with Gasteiger partial charge in [-0.25, -0.2) is 9.18 Å². The molecule has 0 unspecified atom stereocenters. The molecule has 0 spiro atoms. The Balaban J connectivity index is 1.94. The summed E-state index contributed by atoms with van der Waals surface area (Å²) in [7, 11) is 1.25. The van der Waals surface area contributed by atoms with E-state index in [1.54, 1.807) is 19.1 Å². The molecule has 0 saturated carbocycles. The van der Waals surface area contributed by atoms with E-state index in [0.29, 0.717) is 10.6 Å². The molecule has 0 aromatic heterocycles. The predicted molar refractivity (Wildman–Crippen MR) is 91.3 cm³/mol. The van der Waals surface area contributed by atoms with Gasteiger partial charge in [-0.05, 0) is 42.3 Å². The normalized spacial score (nSPS) is 10.2. The third-order valence-corrected chi connectivity index (χ3v) is 3.65. The molecular weight excluding hydrogens is 349 g/mol. The number of hydrogen-bond donors (Lipinski definition) is 1. The molecule has 5 nitrogen and oxygen atoms in total. The molecule has 0 aliphatic rings. The van der Waals surface area contributed by atoms with Crippen LogP contribution in [0.15, 0.2) is 36.4 Å². The highest BCUT2D eigenvalue weighted by molar-refractivity contribution is 6.30. The molecule has 2 rings (SSSR count). The zero-order chi connectivity index (χ0) is 18.4. The number of amides is 1. The second-order valence-electron chi connectivity index (χ2n) is 5.28. The number of hydrogen-bond acceptors (Lipinski definition) is 4. The third-order valence-electron chi connectivity index (χ3n) is 3.42. The Kier molecular flexibility index (Phi) is 6.36. The number of esters is 1. The maximum Gasteiger partial charge on any atom is 0.341 e. The number of benzene rings is 2. The van der Waals surface area contributed by atoms with Crippen LogP contribution in [0.25, 0.3) is 0 Å². The van der Waals surface area contributed by atoms with Gasteiger partial charge >= 0.3 is 5.97 Å². The van der Waals surface area contributed by atoms with Gasteiger partial charge in [0.25, 0.3) is 5.91 Å². The van der Waals surface area contributed by atoms with E-state index in [9.17, 15) is 14.0 Å². The van der Waals surface area contributed by atoms with E-state index >= 15 is 0 Å². The van der Waals surface area contributed by atoms with Gasteiger partial charge < -0.3 is 14.8 Å². The van der Waals surface area contributed by atoms with Crippen LogP contribution in [0, 0.1) is 12.7 Å². The zero-order valence-electron chi connectivity index (χ0n) is 13.8. The van der Waals surface area contributed by atoms with Gasteiger partial charge in [0.05, 0.1) is 7.11 Å². The average molecular weight is 366 g/mol. The summed E-state index contributed by atoms with van der Waals surface area (Å²) in [4.78, 5) is 23.6. The summed E-state index contributed by atoms with van der Waals surface area (Å²) in [5.74, 6) is -1.12. The molecule has 132 valence electrons. The number of halogens is 2. The predicted octanol–water partition coefficient (Wildman–Crippen LogP) is 3.27. The Hall–Kier alpha value is -2.60. The van der Waals surface area contributed by atoms with E-state index in [-0.39, 0.29) is 30.3 Å². The molecule has 0 aliphatic heterocycles. The number of carbonyl (C=O) groups excluding carboxylic acids is 2. The van der Waals surface area contributed by atoms with Gasteiger partial charge in [-0.1, -0.05) is 23.7 Å². The van der Waals surface area contributed by atoms with Gasteiger partial charge in [-0.2, -0.15) is 0 Å². The quantitative estimate of drug-likeness (QED) is 0.798. The van der Waals surface area contributed by atoms with Crippen LogP contribution in [0.3, 0.4) is 0 Å². The molecule has 2 aromatic rings. The number of ether oxygens (including phenoxy) is 2. The fourth-order valence-corrected chi connectivity index (χ4v) is 2.27. The third kappa shape index (κ3) is 5.19. The molecular formula is C18H17ClFNO4. The van der Waals surface area contributed by atoms with Crippen LogP contribution in [0.5, 0.6) is 5.75 Å². The van der Waals surface area contributed by atoms with Crippen LogP contribution in [-0.4, -0.2) is 25.6 Å². The number of aryl methyl sites for hydroxylation is 1. The molecule has 0 saturated heterocycles. The van der Waals surface area contributed by atoms with Crippen LogP contribution in [0.1, 0.15) is 21.5 Å². The molecule has 0 bridgehead atoms. The number of rotatable bonds is 6. The maximum atomic E-state index is 13.2. The van der Waals surface area contributed by atoms with Crippen molar-refractivity contribution in [2.45, 2.75) is 13.5 Å². The topological polar surface area (TPSA) is 64.6 Å². The molecule has 1 amide bonds. The van der Waals surface area contributed by atoms with E-state index in [1.165, 1.54) is 31.4 Å². The minimum absolute atomic E-state index is 0.159. The standard InChI is InChI=1S/C18H17ClFNO4/c1-11-7-12(3-6-15(11)20)9-21-17(22)10-25-16-8-13(19)4-5-14(16)18(23)24-2/h3-8H,9-10H2,1-2H3,(H,21,22). The van der Waals surface area contributed by atoms with Gasteiger partial charge in [0, 0.05) is 11.6 Å². The molecule has 0 atom stereocenters. The van der Waals surface area contributed by atoms with E-state index in [0.717, 1.165) is 5.56 Å². The first-order valence-corrected chi connectivity index (χ1v) is 7.81. The van der Waals surface area contributed by atoms with E-state index in [2.05, 4.69) is 10.1 Å². The van der Waals surface area contributed by atoms with Crippen molar-refractivity contribution in [1.82, 2.24) is 5.32 Å². The van der Waals surface area contributed by atoms with Crippen molar-refractivity contribution in [1.29, 1.82) is 0 Å². The monoisotopic (exact) mass is 365 g/mol. The minimum Gasteiger partial charge on any atom is -0.483 e. The van der Waals surface area contributed by atoms with Crippen molar-refractivity contribution >= 4 is 23.5 Å². The van der Waals surface area contributed by atoms with E-state index < -0.39 is 11.9 Å². The molecule has 0 heterocycles. The summed E-state index contributed by atoms with van der Waals surface area (Å²) in [5, 5.41) is 3.02. The fourth-order valence-electron chi connectivity index (χ4n) is 2.11. The lowest BCUT2D eigenvalue weighted by Gasteiger charge is -2.11. The molecule has 7 heteroatoms. The Morgan fingerprint density at radius 1 is 1.20 bits per heavy atom. The number of methoxy groups -OCH3 is 1. The summed E-state index contributed by atoms with van der Waals surface area (Å²) in [6.45, 7) is 1.59. The van der Waals surface area contributed by atoms with Gasteiger partial charge in [0.2, 0.25) is 0 Å².